The van der Waals surface area contributed by atoms with Crippen molar-refractivity contribution in [1.82, 2.24) is 0 Å². The van der Waals surface area contributed by atoms with Crippen LogP contribution in [0.25, 0.3) is 0 Å². The van der Waals surface area contributed by atoms with Gasteiger partial charge in [0.15, 0.2) is 0 Å². The topological polar surface area (TPSA) is 37.3 Å². The Labute approximate surface area is 121 Å². The molecule has 0 aliphatic rings. The van der Waals surface area contributed by atoms with Gasteiger partial charge in [-0.15, -0.1) is 0 Å². The zero-order chi connectivity index (χ0) is 14.7. The molecule has 0 bridgehead atoms. The second-order valence-corrected chi connectivity index (χ2v) is 5.18. The first kappa shape index (κ1) is 14.5. The van der Waals surface area contributed by atoms with Crippen molar-refractivity contribution in [3.05, 3.63) is 70.0 Å². The highest BCUT2D eigenvalue weighted by atomic mass is 35.5. The molecule has 2 aromatic carbocycles. The third-order valence-electron chi connectivity index (χ3n) is 3.21. The molecule has 20 heavy (non-hydrogen) atoms. The van der Waals surface area contributed by atoms with Gasteiger partial charge in [0.2, 0.25) is 0 Å². The fraction of sp³-hybridized carbons (Fsp3) is 0.188. The Hall–Kier alpha value is -1.87. The van der Waals surface area contributed by atoms with Gasteiger partial charge in [-0.2, -0.15) is 0 Å². The monoisotopic (exact) mass is 292 g/mol. The fourth-order valence-corrected chi connectivity index (χ4v) is 2.26. The second kappa shape index (κ2) is 6.06. The molecule has 0 radical (unpaired) electrons. The molecule has 0 aromatic heterocycles. The molecule has 104 valence electrons. The number of benzene rings is 2. The lowest BCUT2D eigenvalue weighted by Crippen LogP contribution is -2.15. The van der Waals surface area contributed by atoms with Gasteiger partial charge in [-0.25, -0.2) is 4.39 Å². The van der Waals surface area contributed by atoms with Gasteiger partial charge in [0.05, 0.1) is 5.92 Å². The van der Waals surface area contributed by atoms with Crippen molar-refractivity contribution in [2.75, 3.05) is 0 Å². The third kappa shape index (κ3) is 3.36. The molecular weight excluding hydrogens is 279 g/mol. The van der Waals surface area contributed by atoms with Crippen molar-refractivity contribution >= 4 is 17.6 Å². The molecule has 2 nitrogen and oxygen atoms in total. The van der Waals surface area contributed by atoms with E-state index in [0.29, 0.717) is 16.1 Å². The lowest BCUT2D eigenvalue weighted by molar-refractivity contribution is -0.138. The average molecular weight is 293 g/mol. The molecule has 0 spiro atoms. The minimum absolute atomic E-state index is 0.0742. The zero-order valence-electron chi connectivity index (χ0n) is 10.9. The molecule has 0 saturated carbocycles. The van der Waals surface area contributed by atoms with Crippen LogP contribution in [0.4, 0.5) is 4.39 Å². The van der Waals surface area contributed by atoms with Crippen LogP contribution in [-0.2, 0) is 11.2 Å². The summed E-state index contributed by atoms with van der Waals surface area (Å²) in [6, 6.07) is 11.4. The Kier molecular flexibility index (Phi) is 4.40. The van der Waals surface area contributed by atoms with Gasteiger partial charge in [-0.3, -0.25) is 4.79 Å². The van der Waals surface area contributed by atoms with E-state index in [0.717, 1.165) is 5.56 Å². The highest BCUT2D eigenvalue weighted by Crippen LogP contribution is 2.25. The predicted molar refractivity (Wildman–Crippen MR) is 76.7 cm³/mol. The Bertz CT molecular complexity index is 623. The minimum atomic E-state index is -0.978. The Balaban J connectivity index is 2.32. The van der Waals surface area contributed by atoms with Gasteiger partial charge in [0.25, 0.3) is 0 Å². The molecule has 1 N–H and O–H groups in total. The Morgan fingerprint density at radius 1 is 1.25 bits per heavy atom. The van der Waals surface area contributed by atoms with E-state index < -0.39 is 17.7 Å². The molecule has 1 unspecified atom stereocenters. The van der Waals surface area contributed by atoms with Gasteiger partial charge in [-0.1, -0.05) is 41.4 Å². The number of hydrogen-bond donors (Lipinski definition) is 1. The second-order valence-electron chi connectivity index (χ2n) is 4.74. The van der Waals surface area contributed by atoms with Crippen LogP contribution in [-0.4, -0.2) is 11.1 Å². The lowest BCUT2D eigenvalue weighted by Gasteiger charge is -2.14. The highest BCUT2D eigenvalue weighted by Gasteiger charge is 2.21. The van der Waals surface area contributed by atoms with Crippen molar-refractivity contribution in [2.45, 2.75) is 19.3 Å². The van der Waals surface area contributed by atoms with Gasteiger partial charge in [-0.05, 0) is 42.7 Å². The van der Waals surface area contributed by atoms with Crippen LogP contribution in [0.3, 0.4) is 0 Å². The first-order valence-corrected chi connectivity index (χ1v) is 6.58. The Morgan fingerprint density at radius 3 is 2.50 bits per heavy atom. The number of carbonyl (C=O) groups is 1. The third-order valence-corrected chi connectivity index (χ3v) is 3.44. The van der Waals surface area contributed by atoms with Gasteiger partial charge >= 0.3 is 5.97 Å². The number of halogens is 2. The van der Waals surface area contributed by atoms with Crippen molar-refractivity contribution < 1.29 is 14.3 Å². The SMILES string of the molecule is Cc1ccc(C(Cc2cc(Cl)ccc2F)C(=O)O)cc1. The van der Waals surface area contributed by atoms with Crippen LogP contribution in [0.1, 0.15) is 22.6 Å². The van der Waals surface area contributed by atoms with E-state index in [9.17, 15) is 14.3 Å². The molecule has 0 amide bonds. The van der Waals surface area contributed by atoms with Crippen LogP contribution in [0, 0.1) is 12.7 Å². The summed E-state index contributed by atoms with van der Waals surface area (Å²) >= 11 is 5.83. The smallest absolute Gasteiger partial charge is 0.311 e. The predicted octanol–water partition coefficient (Wildman–Crippen LogP) is 4.20. The number of rotatable bonds is 4. The van der Waals surface area contributed by atoms with E-state index in [4.69, 9.17) is 11.6 Å². The molecule has 0 heterocycles. The zero-order valence-corrected chi connectivity index (χ0v) is 11.7. The quantitative estimate of drug-likeness (QED) is 0.917. The van der Waals surface area contributed by atoms with Crippen molar-refractivity contribution in [2.24, 2.45) is 0 Å². The molecule has 4 heteroatoms. The van der Waals surface area contributed by atoms with Crippen molar-refractivity contribution in [3.63, 3.8) is 0 Å². The van der Waals surface area contributed by atoms with E-state index >= 15 is 0 Å². The van der Waals surface area contributed by atoms with Crippen molar-refractivity contribution in [1.29, 1.82) is 0 Å². The summed E-state index contributed by atoms with van der Waals surface area (Å²) < 4.78 is 13.7. The van der Waals surface area contributed by atoms with Crippen LogP contribution in [0.15, 0.2) is 42.5 Å². The highest BCUT2D eigenvalue weighted by molar-refractivity contribution is 6.30. The van der Waals surface area contributed by atoms with Crippen LogP contribution in [0.2, 0.25) is 5.02 Å². The lowest BCUT2D eigenvalue weighted by atomic mass is 9.91. The van der Waals surface area contributed by atoms with E-state index in [1.54, 1.807) is 12.1 Å². The maximum Gasteiger partial charge on any atom is 0.311 e. The number of carboxylic acid groups (broad SMARTS) is 1. The van der Waals surface area contributed by atoms with Gasteiger partial charge in [0, 0.05) is 5.02 Å². The van der Waals surface area contributed by atoms with Crippen LogP contribution < -0.4 is 0 Å². The molecule has 1 atom stereocenters. The van der Waals surface area contributed by atoms with Gasteiger partial charge < -0.3 is 5.11 Å². The minimum Gasteiger partial charge on any atom is -0.481 e. The standard InChI is InChI=1S/C16H14ClFO2/c1-10-2-4-11(5-3-10)14(16(19)20)9-12-8-13(17)6-7-15(12)18/h2-8,14H,9H2,1H3,(H,19,20). The average Bonchev–Trinajstić information content (AvgIpc) is 2.40. The Morgan fingerprint density at radius 2 is 1.90 bits per heavy atom. The van der Waals surface area contributed by atoms with E-state index in [1.807, 2.05) is 19.1 Å². The first-order valence-electron chi connectivity index (χ1n) is 6.20. The molecule has 2 aromatic rings. The summed E-state index contributed by atoms with van der Waals surface area (Å²) in [5, 5.41) is 9.76. The number of aliphatic carboxylic acids is 1. The summed E-state index contributed by atoms with van der Waals surface area (Å²) in [5.41, 5.74) is 2.01. The molecule has 0 aliphatic heterocycles. The number of carboxylic acids is 1. The number of hydrogen-bond acceptors (Lipinski definition) is 1. The summed E-state index contributed by atoms with van der Waals surface area (Å²) in [5.74, 6) is -2.20. The normalized spacial score (nSPS) is 12.2. The van der Waals surface area contributed by atoms with Gasteiger partial charge in [0.1, 0.15) is 5.82 Å². The van der Waals surface area contributed by atoms with Crippen LogP contribution in [0.5, 0.6) is 0 Å². The maximum absolute atomic E-state index is 13.7. The van der Waals surface area contributed by atoms with Crippen LogP contribution >= 0.6 is 11.6 Å². The number of aryl methyl sites for hydroxylation is 1. The van der Waals surface area contributed by atoms with Crippen molar-refractivity contribution in [3.8, 4) is 0 Å². The molecule has 0 saturated heterocycles. The molecule has 0 fully saturated rings. The molecule has 2 rings (SSSR count). The summed E-state index contributed by atoms with van der Waals surface area (Å²) in [4.78, 5) is 11.4. The van der Waals surface area contributed by atoms with E-state index in [2.05, 4.69) is 0 Å². The molecular formula is C16H14ClFO2. The van der Waals surface area contributed by atoms with E-state index in [1.165, 1.54) is 18.2 Å². The summed E-state index contributed by atoms with van der Waals surface area (Å²) in [6.07, 6.45) is 0.0742. The fourth-order valence-electron chi connectivity index (χ4n) is 2.07. The summed E-state index contributed by atoms with van der Waals surface area (Å²) in [7, 11) is 0. The molecule has 0 aliphatic carbocycles. The maximum atomic E-state index is 13.7. The largest absolute Gasteiger partial charge is 0.481 e. The first-order chi connectivity index (χ1) is 9.47. The van der Waals surface area contributed by atoms with E-state index in [-0.39, 0.29) is 6.42 Å². The summed E-state index contributed by atoms with van der Waals surface area (Å²) in [6.45, 7) is 1.93.